The first kappa shape index (κ1) is 13.6. The second-order valence-electron chi connectivity index (χ2n) is 4.93. The predicted octanol–water partition coefficient (Wildman–Crippen LogP) is 4.35. The maximum Gasteiger partial charge on any atom is 0.119 e. The lowest BCUT2D eigenvalue weighted by molar-refractivity contribution is 0.415. The number of methoxy groups -OCH3 is 2. The summed E-state index contributed by atoms with van der Waals surface area (Å²) in [4.78, 5) is 0. The van der Waals surface area contributed by atoms with Crippen molar-refractivity contribution in [1.29, 1.82) is 0 Å². The van der Waals surface area contributed by atoms with Crippen LogP contribution in [0.4, 0.5) is 0 Å². The topological polar surface area (TPSA) is 23.4 Å². The van der Waals surface area contributed by atoms with Crippen LogP contribution >= 0.6 is 0 Å². The van der Waals surface area contributed by atoms with E-state index in [4.69, 9.17) is 9.47 Å². The summed E-state index contributed by atoms with van der Waals surface area (Å²) in [6.45, 7) is 3.09. The standard InChI is InChI=1S/C18H19NO2/c1-4-19-17-10-9-16(21-3)11-14(17)12-18(19)13-5-7-15(20-2)8-6-13/h5-12H,4H2,1-3H3. The van der Waals surface area contributed by atoms with Gasteiger partial charge in [0.15, 0.2) is 0 Å². The van der Waals surface area contributed by atoms with E-state index in [1.165, 1.54) is 22.2 Å². The lowest BCUT2D eigenvalue weighted by Gasteiger charge is -2.09. The van der Waals surface area contributed by atoms with Crippen molar-refractivity contribution in [2.75, 3.05) is 14.2 Å². The minimum atomic E-state index is 0.875. The Kier molecular flexibility index (Phi) is 3.57. The molecule has 21 heavy (non-hydrogen) atoms. The van der Waals surface area contributed by atoms with E-state index >= 15 is 0 Å². The van der Waals surface area contributed by atoms with Gasteiger partial charge in [-0.3, -0.25) is 0 Å². The van der Waals surface area contributed by atoms with Crippen LogP contribution in [-0.2, 0) is 6.54 Å². The molecule has 0 bridgehead atoms. The minimum Gasteiger partial charge on any atom is -0.497 e. The van der Waals surface area contributed by atoms with Gasteiger partial charge in [-0.2, -0.15) is 0 Å². The number of rotatable bonds is 4. The zero-order valence-electron chi connectivity index (χ0n) is 12.6. The number of nitrogens with zero attached hydrogens (tertiary/aromatic N) is 1. The Morgan fingerprint density at radius 1 is 0.857 bits per heavy atom. The first-order valence-electron chi connectivity index (χ1n) is 7.08. The molecule has 0 aliphatic carbocycles. The van der Waals surface area contributed by atoms with Gasteiger partial charge in [-0.25, -0.2) is 0 Å². The van der Waals surface area contributed by atoms with Gasteiger partial charge in [0.1, 0.15) is 11.5 Å². The molecule has 3 nitrogen and oxygen atoms in total. The molecule has 0 amide bonds. The monoisotopic (exact) mass is 281 g/mol. The molecule has 0 saturated heterocycles. The average molecular weight is 281 g/mol. The van der Waals surface area contributed by atoms with Crippen LogP contribution in [0.5, 0.6) is 11.5 Å². The predicted molar refractivity (Wildman–Crippen MR) is 86.2 cm³/mol. The Hall–Kier alpha value is -2.42. The molecule has 0 fully saturated rings. The van der Waals surface area contributed by atoms with Crippen molar-refractivity contribution in [3.63, 3.8) is 0 Å². The van der Waals surface area contributed by atoms with E-state index in [2.05, 4.69) is 41.8 Å². The summed E-state index contributed by atoms with van der Waals surface area (Å²) in [5, 5.41) is 1.20. The second kappa shape index (κ2) is 5.52. The minimum absolute atomic E-state index is 0.875. The molecule has 0 atom stereocenters. The average Bonchev–Trinajstić information content (AvgIpc) is 2.92. The number of hydrogen-bond donors (Lipinski definition) is 0. The zero-order chi connectivity index (χ0) is 14.8. The molecule has 0 spiro atoms. The largest absolute Gasteiger partial charge is 0.497 e. The van der Waals surface area contributed by atoms with Crippen molar-refractivity contribution in [3.05, 3.63) is 48.5 Å². The van der Waals surface area contributed by atoms with Gasteiger partial charge in [-0.15, -0.1) is 0 Å². The number of aromatic nitrogens is 1. The number of hydrogen-bond acceptors (Lipinski definition) is 2. The fourth-order valence-electron chi connectivity index (χ4n) is 2.72. The molecular weight excluding hydrogens is 262 g/mol. The summed E-state index contributed by atoms with van der Waals surface area (Å²) in [5.74, 6) is 1.76. The molecule has 2 aromatic carbocycles. The molecule has 1 aromatic heterocycles. The molecule has 0 N–H and O–H groups in total. The van der Waals surface area contributed by atoms with E-state index in [0.717, 1.165) is 18.0 Å². The Morgan fingerprint density at radius 2 is 1.52 bits per heavy atom. The molecule has 0 radical (unpaired) electrons. The van der Waals surface area contributed by atoms with Crippen LogP contribution < -0.4 is 9.47 Å². The van der Waals surface area contributed by atoms with Crippen molar-refractivity contribution < 1.29 is 9.47 Å². The van der Waals surface area contributed by atoms with Crippen molar-refractivity contribution >= 4 is 10.9 Å². The van der Waals surface area contributed by atoms with E-state index in [0.29, 0.717) is 0 Å². The van der Waals surface area contributed by atoms with Gasteiger partial charge >= 0.3 is 0 Å². The highest BCUT2D eigenvalue weighted by Gasteiger charge is 2.10. The van der Waals surface area contributed by atoms with Crippen molar-refractivity contribution in [2.45, 2.75) is 13.5 Å². The van der Waals surface area contributed by atoms with Crippen LogP contribution in [0.25, 0.3) is 22.2 Å². The van der Waals surface area contributed by atoms with Crippen molar-refractivity contribution in [2.24, 2.45) is 0 Å². The summed E-state index contributed by atoms with van der Waals surface area (Å²) in [6.07, 6.45) is 0. The summed E-state index contributed by atoms with van der Waals surface area (Å²) < 4.78 is 12.9. The van der Waals surface area contributed by atoms with Gasteiger partial charge in [0, 0.05) is 23.1 Å². The Morgan fingerprint density at radius 3 is 2.14 bits per heavy atom. The molecule has 0 aliphatic heterocycles. The lowest BCUT2D eigenvalue weighted by atomic mass is 10.1. The van der Waals surface area contributed by atoms with Crippen molar-refractivity contribution in [3.8, 4) is 22.8 Å². The van der Waals surface area contributed by atoms with Crippen LogP contribution in [-0.4, -0.2) is 18.8 Å². The molecule has 108 valence electrons. The third-order valence-corrected chi connectivity index (χ3v) is 3.81. The summed E-state index contributed by atoms with van der Waals surface area (Å²) in [6, 6.07) is 16.6. The Balaban J connectivity index is 2.16. The highest BCUT2D eigenvalue weighted by Crippen LogP contribution is 2.31. The molecule has 3 heteroatoms. The third-order valence-electron chi connectivity index (χ3n) is 3.81. The molecule has 0 saturated carbocycles. The molecule has 0 unspecified atom stereocenters. The van der Waals surface area contributed by atoms with Crippen LogP contribution in [0.3, 0.4) is 0 Å². The smallest absolute Gasteiger partial charge is 0.119 e. The number of aryl methyl sites for hydroxylation is 1. The van der Waals surface area contributed by atoms with E-state index < -0.39 is 0 Å². The number of ether oxygens (including phenoxy) is 2. The van der Waals surface area contributed by atoms with Crippen LogP contribution in [0.2, 0.25) is 0 Å². The SMILES string of the molecule is CCn1c(-c2ccc(OC)cc2)cc2cc(OC)ccc21. The molecule has 1 heterocycles. The molecule has 3 rings (SSSR count). The maximum atomic E-state index is 5.32. The van der Waals surface area contributed by atoms with Gasteiger partial charge in [0.25, 0.3) is 0 Å². The zero-order valence-corrected chi connectivity index (χ0v) is 12.6. The van der Waals surface area contributed by atoms with Crippen LogP contribution in [0.1, 0.15) is 6.92 Å². The van der Waals surface area contributed by atoms with E-state index in [-0.39, 0.29) is 0 Å². The molecule has 3 aromatic rings. The van der Waals surface area contributed by atoms with Gasteiger partial charge in [-0.05, 0) is 61.0 Å². The van der Waals surface area contributed by atoms with Crippen LogP contribution in [0, 0.1) is 0 Å². The van der Waals surface area contributed by atoms with Gasteiger partial charge in [0.2, 0.25) is 0 Å². The first-order valence-corrected chi connectivity index (χ1v) is 7.08. The Bertz CT molecular complexity index is 757. The molecular formula is C18H19NO2. The van der Waals surface area contributed by atoms with E-state index in [1.54, 1.807) is 14.2 Å². The van der Waals surface area contributed by atoms with Crippen molar-refractivity contribution in [1.82, 2.24) is 4.57 Å². The second-order valence-corrected chi connectivity index (χ2v) is 4.93. The lowest BCUT2D eigenvalue weighted by Crippen LogP contribution is -1.96. The third kappa shape index (κ3) is 2.35. The summed E-state index contributed by atoms with van der Waals surface area (Å²) in [7, 11) is 3.38. The highest BCUT2D eigenvalue weighted by molar-refractivity contribution is 5.88. The maximum absolute atomic E-state index is 5.32. The van der Waals surface area contributed by atoms with E-state index in [9.17, 15) is 0 Å². The molecule has 0 aliphatic rings. The first-order chi connectivity index (χ1) is 10.3. The number of fused-ring (bicyclic) bond motifs is 1. The quantitative estimate of drug-likeness (QED) is 0.710. The van der Waals surface area contributed by atoms with Gasteiger partial charge < -0.3 is 14.0 Å². The summed E-state index contributed by atoms with van der Waals surface area (Å²) in [5.41, 5.74) is 3.63. The van der Waals surface area contributed by atoms with E-state index in [1.807, 2.05) is 18.2 Å². The highest BCUT2D eigenvalue weighted by atomic mass is 16.5. The number of benzene rings is 2. The fraction of sp³-hybridized carbons (Fsp3) is 0.222. The van der Waals surface area contributed by atoms with Gasteiger partial charge in [0.05, 0.1) is 14.2 Å². The normalized spacial score (nSPS) is 10.8. The summed E-state index contributed by atoms with van der Waals surface area (Å²) >= 11 is 0. The fourth-order valence-corrected chi connectivity index (χ4v) is 2.72. The van der Waals surface area contributed by atoms with Crippen LogP contribution in [0.15, 0.2) is 48.5 Å². The Labute approximate surface area is 124 Å². The van der Waals surface area contributed by atoms with Gasteiger partial charge in [-0.1, -0.05) is 0 Å².